The van der Waals surface area contributed by atoms with Crippen LogP contribution in [0.15, 0.2) is 16.8 Å². The lowest BCUT2D eigenvalue weighted by molar-refractivity contribution is 0.0702. The van der Waals surface area contributed by atoms with Crippen molar-refractivity contribution in [3.8, 4) is 0 Å². The molecule has 1 aliphatic carbocycles. The summed E-state index contributed by atoms with van der Waals surface area (Å²) in [6.45, 7) is 3.17. The Morgan fingerprint density at radius 1 is 1.33 bits per heavy atom. The molecule has 1 saturated heterocycles. The summed E-state index contributed by atoms with van der Waals surface area (Å²) in [6, 6.07) is 2.47. The van der Waals surface area contributed by atoms with Crippen LogP contribution in [0.5, 0.6) is 0 Å². The van der Waals surface area contributed by atoms with Crippen LogP contribution in [0.3, 0.4) is 0 Å². The first-order valence-corrected chi connectivity index (χ1v) is 7.83. The predicted octanol–water partition coefficient (Wildman–Crippen LogP) is 2.35. The predicted molar refractivity (Wildman–Crippen MR) is 74.0 cm³/mol. The van der Waals surface area contributed by atoms with Crippen molar-refractivity contribution in [1.29, 1.82) is 0 Å². The molecular formula is C14H20N2OS. The monoisotopic (exact) mass is 264 g/mol. The Morgan fingerprint density at radius 3 is 2.72 bits per heavy atom. The molecule has 2 fully saturated rings. The van der Waals surface area contributed by atoms with Crippen LogP contribution < -0.4 is 5.32 Å². The van der Waals surface area contributed by atoms with E-state index in [4.69, 9.17) is 0 Å². The number of hydrogen-bond donors (Lipinski definition) is 1. The second-order valence-electron chi connectivity index (χ2n) is 5.39. The Hall–Kier alpha value is -0.870. The Kier molecular flexibility index (Phi) is 3.66. The van der Waals surface area contributed by atoms with Gasteiger partial charge in [-0.3, -0.25) is 4.79 Å². The van der Waals surface area contributed by atoms with Gasteiger partial charge in [-0.2, -0.15) is 11.3 Å². The lowest BCUT2D eigenvalue weighted by Crippen LogP contribution is -2.40. The van der Waals surface area contributed by atoms with Crippen molar-refractivity contribution in [2.45, 2.75) is 31.7 Å². The van der Waals surface area contributed by atoms with Crippen molar-refractivity contribution < 1.29 is 4.79 Å². The number of carbonyl (C=O) groups is 1. The quantitative estimate of drug-likeness (QED) is 0.905. The molecule has 18 heavy (non-hydrogen) atoms. The summed E-state index contributed by atoms with van der Waals surface area (Å²) in [7, 11) is 0. The van der Waals surface area contributed by atoms with E-state index in [0.29, 0.717) is 12.0 Å². The molecule has 0 spiro atoms. The van der Waals surface area contributed by atoms with Gasteiger partial charge in [-0.25, -0.2) is 0 Å². The van der Waals surface area contributed by atoms with Gasteiger partial charge in [0.2, 0.25) is 0 Å². The van der Waals surface area contributed by atoms with Crippen LogP contribution in [-0.4, -0.2) is 36.5 Å². The normalized spacial score (nSPS) is 20.9. The molecule has 0 radical (unpaired) electrons. The summed E-state index contributed by atoms with van der Waals surface area (Å²) < 4.78 is 0. The van der Waals surface area contributed by atoms with Gasteiger partial charge in [0.25, 0.3) is 5.91 Å². The highest BCUT2D eigenvalue weighted by Gasteiger charge is 2.34. The lowest BCUT2D eigenvalue weighted by Gasteiger charge is -2.30. The molecule has 1 aliphatic heterocycles. The third-order valence-corrected chi connectivity index (χ3v) is 4.61. The molecule has 2 heterocycles. The van der Waals surface area contributed by atoms with Gasteiger partial charge >= 0.3 is 0 Å². The number of nitrogens with zero attached hydrogens (tertiary/aromatic N) is 1. The van der Waals surface area contributed by atoms with Crippen molar-refractivity contribution in [2.75, 3.05) is 19.6 Å². The minimum atomic E-state index is 0.247. The van der Waals surface area contributed by atoms with E-state index >= 15 is 0 Å². The molecule has 1 N–H and O–H groups in total. The van der Waals surface area contributed by atoms with Crippen molar-refractivity contribution in [1.82, 2.24) is 10.2 Å². The third-order valence-electron chi connectivity index (χ3n) is 3.93. The van der Waals surface area contributed by atoms with Gasteiger partial charge in [0.1, 0.15) is 0 Å². The smallest absolute Gasteiger partial charge is 0.254 e. The lowest BCUT2D eigenvalue weighted by atomic mass is 9.97. The fourth-order valence-electron chi connectivity index (χ4n) is 2.68. The van der Waals surface area contributed by atoms with Gasteiger partial charge in [-0.1, -0.05) is 0 Å². The summed E-state index contributed by atoms with van der Waals surface area (Å²) in [5, 5.41) is 7.35. The third kappa shape index (κ3) is 2.75. The molecule has 1 aromatic rings. The molecule has 4 heteroatoms. The van der Waals surface area contributed by atoms with E-state index in [1.807, 2.05) is 16.8 Å². The Morgan fingerprint density at radius 2 is 2.11 bits per heavy atom. The zero-order valence-corrected chi connectivity index (χ0v) is 11.4. The topological polar surface area (TPSA) is 32.3 Å². The molecule has 1 aromatic heterocycles. The molecular weight excluding hydrogens is 244 g/mol. The molecule has 0 atom stereocenters. The highest BCUT2D eigenvalue weighted by atomic mass is 32.1. The molecule has 1 saturated carbocycles. The minimum absolute atomic E-state index is 0.247. The largest absolute Gasteiger partial charge is 0.335 e. The maximum absolute atomic E-state index is 12.5. The number of amides is 1. The fourth-order valence-corrected chi connectivity index (χ4v) is 3.31. The van der Waals surface area contributed by atoms with Crippen LogP contribution in [0.4, 0.5) is 0 Å². The highest BCUT2D eigenvalue weighted by molar-refractivity contribution is 7.08. The van der Waals surface area contributed by atoms with Crippen molar-refractivity contribution in [3.63, 3.8) is 0 Å². The van der Waals surface area contributed by atoms with Gasteiger partial charge in [-0.05, 0) is 56.1 Å². The second-order valence-corrected chi connectivity index (χ2v) is 6.17. The molecule has 0 aromatic carbocycles. The van der Waals surface area contributed by atoms with E-state index in [1.54, 1.807) is 11.3 Å². The molecule has 3 rings (SSSR count). The molecule has 98 valence electrons. The number of hydrogen-bond acceptors (Lipinski definition) is 3. The minimum Gasteiger partial charge on any atom is -0.335 e. The van der Waals surface area contributed by atoms with Crippen LogP contribution in [0.2, 0.25) is 0 Å². The maximum Gasteiger partial charge on any atom is 0.254 e. The Labute approximate surface area is 112 Å². The van der Waals surface area contributed by atoms with Crippen molar-refractivity contribution >= 4 is 17.2 Å². The maximum atomic E-state index is 12.5. The van der Waals surface area contributed by atoms with Gasteiger partial charge in [0.05, 0.1) is 5.56 Å². The van der Waals surface area contributed by atoms with E-state index in [1.165, 1.54) is 25.7 Å². The zero-order chi connectivity index (χ0) is 12.4. The molecule has 0 bridgehead atoms. The number of thiophene rings is 1. The van der Waals surface area contributed by atoms with Crippen LogP contribution >= 0.6 is 11.3 Å². The van der Waals surface area contributed by atoms with E-state index in [2.05, 4.69) is 10.2 Å². The van der Waals surface area contributed by atoms with Gasteiger partial charge in [-0.15, -0.1) is 0 Å². The number of rotatable bonds is 4. The van der Waals surface area contributed by atoms with Gasteiger partial charge in [0, 0.05) is 18.0 Å². The average molecular weight is 264 g/mol. The SMILES string of the molecule is O=C(c1ccsc1)N(CC1CCNCC1)C1CC1. The van der Waals surface area contributed by atoms with E-state index in [9.17, 15) is 4.79 Å². The average Bonchev–Trinajstić information content (AvgIpc) is 3.10. The van der Waals surface area contributed by atoms with E-state index in [0.717, 1.165) is 25.2 Å². The Bertz CT molecular complexity index is 394. The standard InChI is InChI=1S/C14H20N2OS/c17-14(12-5-8-18-10-12)16(13-1-2-13)9-11-3-6-15-7-4-11/h5,8,10-11,13,15H,1-4,6-7,9H2. The first-order valence-electron chi connectivity index (χ1n) is 6.88. The van der Waals surface area contributed by atoms with Crippen LogP contribution in [0.25, 0.3) is 0 Å². The molecule has 2 aliphatic rings. The molecule has 0 unspecified atom stereocenters. The van der Waals surface area contributed by atoms with Crippen LogP contribution in [-0.2, 0) is 0 Å². The first-order chi connectivity index (χ1) is 8.84. The highest BCUT2D eigenvalue weighted by Crippen LogP contribution is 2.30. The zero-order valence-electron chi connectivity index (χ0n) is 10.6. The summed E-state index contributed by atoms with van der Waals surface area (Å²) in [6.07, 6.45) is 4.81. The summed E-state index contributed by atoms with van der Waals surface area (Å²) >= 11 is 1.61. The van der Waals surface area contributed by atoms with Crippen LogP contribution in [0.1, 0.15) is 36.0 Å². The number of carbonyl (C=O) groups excluding carboxylic acids is 1. The number of nitrogens with one attached hydrogen (secondary N) is 1. The van der Waals surface area contributed by atoms with Crippen LogP contribution in [0, 0.1) is 5.92 Å². The van der Waals surface area contributed by atoms with E-state index in [-0.39, 0.29) is 5.91 Å². The first kappa shape index (κ1) is 12.2. The molecule has 1 amide bonds. The summed E-state index contributed by atoms with van der Waals surface area (Å²) in [5.41, 5.74) is 0.876. The van der Waals surface area contributed by atoms with Crippen molar-refractivity contribution in [3.05, 3.63) is 22.4 Å². The summed E-state index contributed by atoms with van der Waals surface area (Å²) in [5.74, 6) is 0.937. The Balaban J connectivity index is 1.66. The number of piperidine rings is 1. The van der Waals surface area contributed by atoms with Gasteiger partial charge < -0.3 is 10.2 Å². The van der Waals surface area contributed by atoms with Crippen molar-refractivity contribution in [2.24, 2.45) is 5.92 Å². The van der Waals surface area contributed by atoms with Gasteiger partial charge in [0.15, 0.2) is 0 Å². The fraction of sp³-hybridized carbons (Fsp3) is 0.643. The molecule has 3 nitrogen and oxygen atoms in total. The second kappa shape index (κ2) is 5.41. The summed E-state index contributed by atoms with van der Waals surface area (Å²) in [4.78, 5) is 14.6. The van der Waals surface area contributed by atoms with E-state index < -0.39 is 0 Å².